The molecule has 0 saturated carbocycles. The maximum atomic E-state index is 8.63. The molecule has 0 spiro atoms. The van der Waals surface area contributed by atoms with E-state index >= 15 is 0 Å². The second-order valence-corrected chi connectivity index (χ2v) is 15.6. The van der Waals surface area contributed by atoms with E-state index in [1.807, 2.05) is 36.4 Å². The van der Waals surface area contributed by atoms with Crippen LogP contribution in [-0.4, -0.2) is 4.98 Å². The number of furan rings is 1. The quantitative estimate of drug-likeness (QED) is 0.179. The van der Waals surface area contributed by atoms with Gasteiger partial charge in [-0.2, -0.15) is 0 Å². The zero-order valence-corrected chi connectivity index (χ0v) is 29.2. The van der Waals surface area contributed by atoms with Crippen molar-refractivity contribution in [1.82, 2.24) is 4.98 Å². The van der Waals surface area contributed by atoms with Gasteiger partial charge in [-0.3, -0.25) is 4.98 Å². The molecule has 0 aliphatic heterocycles. The van der Waals surface area contributed by atoms with Gasteiger partial charge in [0.25, 0.3) is 0 Å². The van der Waals surface area contributed by atoms with Crippen LogP contribution in [0.5, 0.6) is 0 Å². The molecule has 4 aromatic carbocycles. The van der Waals surface area contributed by atoms with Crippen LogP contribution in [0.25, 0.3) is 55.4 Å². The molecule has 0 radical (unpaired) electrons. The smallest absolute Gasteiger partial charge is 0.144 e. The number of aromatic nitrogens is 1. The van der Waals surface area contributed by atoms with Crippen molar-refractivity contribution in [2.75, 3.05) is 0 Å². The van der Waals surface area contributed by atoms with Crippen LogP contribution in [0.4, 0.5) is 0 Å². The van der Waals surface area contributed by atoms with E-state index in [4.69, 9.17) is 13.5 Å². The number of fused-ring (bicyclic) bond motifs is 4. The van der Waals surface area contributed by atoms with E-state index in [0.29, 0.717) is 11.3 Å². The largest absolute Gasteiger partial charge is 0.455 e. The highest BCUT2D eigenvalue weighted by Crippen LogP contribution is 2.47. The first-order chi connectivity index (χ1) is 23.6. The van der Waals surface area contributed by atoms with Crippen molar-refractivity contribution in [1.29, 1.82) is 0 Å². The first-order valence-electron chi connectivity index (χ1n) is 18.8. The molecule has 2 heterocycles. The van der Waals surface area contributed by atoms with Crippen molar-refractivity contribution in [2.24, 2.45) is 0 Å². The van der Waals surface area contributed by atoms with Crippen molar-refractivity contribution in [3.05, 3.63) is 113 Å². The number of para-hydroxylation sites is 2. The van der Waals surface area contributed by atoms with Gasteiger partial charge in [0.1, 0.15) is 11.2 Å². The molecule has 6 aromatic rings. The van der Waals surface area contributed by atoms with E-state index in [1.54, 1.807) is 6.20 Å². The molecule has 0 N–H and O–H groups in total. The van der Waals surface area contributed by atoms with E-state index in [-0.39, 0.29) is 28.2 Å². The Balaban J connectivity index is 1.47. The van der Waals surface area contributed by atoms with Crippen LogP contribution < -0.4 is 0 Å². The highest BCUT2D eigenvalue weighted by molar-refractivity contribution is 6.09. The van der Waals surface area contributed by atoms with Gasteiger partial charge in [0.05, 0.1) is 5.69 Å². The fourth-order valence-corrected chi connectivity index (χ4v) is 7.95. The molecule has 1 aliphatic rings. The molecular formula is C45H49NO. The first kappa shape index (κ1) is 27.9. The van der Waals surface area contributed by atoms with Crippen molar-refractivity contribution in [3.63, 3.8) is 0 Å². The monoisotopic (exact) mass is 622 g/mol. The summed E-state index contributed by atoms with van der Waals surface area (Å²) in [5.74, 6) is 0.303. The molecule has 0 bridgehead atoms. The molecule has 1 aliphatic carbocycles. The Labute approximate surface area is 285 Å². The number of hydrogen-bond donors (Lipinski definition) is 0. The number of aryl methyl sites for hydroxylation is 1. The third-order valence-electron chi connectivity index (χ3n) is 10.7. The Hall–Kier alpha value is -4.17. The molecule has 2 aromatic heterocycles. The summed E-state index contributed by atoms with van der Waals surface area (Å²) >= 11 is 0. The summed E-state index contributed by atoms with van der Waals surface area (Å²) in [7, 11) is 0. The summed E-state index contributed by atoms with van der Waals surface area (Å²) in [5, 5.41) is 2.07. The summed E-state index contributed by atoms with van der Waals surface area (Å²) in [6, 6.07) is 27.9. The van der Waals surface area contributed by atoms with Gasteiger partial charge in [-0.15, -0.1) is 0 Å². The normalized spacial score (nSPS) is 17.0. The zero-order valence-electron chi connectivity index (χ0n) is 32.2. The van der Waals surface area contributed by atoms with Gasteiger partial charge in [0.15, 0.2) is 0 Å². The molecule has 7 rings (SSSR count). The Morgan fingerprint density at radius 1 is 0.702 bits per heavy atom. The Morgan fingerprint density at radius 2 is 1.38 bits per heavy atom. The summed E-state index contributed by atoms with van der Waals surface area (Å²) in [6.45, 7) is 16.0. The van der Waals surface area contributed by atoms with E-state index < -0.39 is 6.85 Å². The summed E-state index contributed by atoms with van der Waals surface area (Å²) in [5.41, 5.74) is 12.9. The third kappa shape index (κ3) is 5.40. The van der Waals surface area contributed by atoms with Crippen LogP contribution in [0.3, 0.4) is 0 Å². The van der Waals surface area contributed by atoms with Gasteiger partial charge in [-0.25, -0.2) is 0 Å². The maximum Gasteiger partial charge on any atom is 0.144 e. The lowest BCUT2D eigenvalue weighted by molar-refractivity contribution is 0.433. The van der Waals surface area contributed by atoms with Crippen molar-refractivity contribution in [2.45, 2.75) is 104 Å². The predicted octanol–water partition coefficient (Wildman–Crippen LogP) is 13.3. The second-order valence-electron chi connectivity index (χ2n) is 15.6. The van der Waals surface area contributed by atoms with Crippen molar-refractivity contribution < 1.29 is 8.53 Å². The fraction of sp³-hybridized carbons (Fsp3) is 0.356. The molecule has 0 amide bonds. The van der Waals surface area contributed by atoms with Crippen LogP contribution in [-0.2, 0) is 10.8 Å². The van der Waals surface area contributed by atoms with Crippen LogP contribution in [0.15, 0.2) is 89.5 Å². The summed E-state index contributed by atoms with van der Waals surface area (Å²) in [6.07, 6.45) is 5.15. The minimum Gasteiger partial charge on any atom is -0.455 e. The summed E-state index contributed by atoms with van der Waals surface area (Å²) in [4.78, 5) is 4.79. The van der Waals surface area contributed by atoms with E-state index in [9.17, 15) is 0 Å². The minimum atomic E-state index is -2.34. The Kier molecular flexibility index (Phi) is 6.83. The van der Waals surface area contributed by atoms with Gasteiger partial charge in [-0.05, 0) is 111 Å². The van der Waals surface area contributed by atoms with Crippen LogP contribution in [0.1, 0.15) is 118 Å². The second kappa shape index (κ2) is 11.5. The molecular weight excluding hydrogens is 571 g/mol. The van der Waals surface area contributed by atoms with Crippen LogP contribution in [0.2, 0.25) is 0 Å². The van der Waals surface area contributed by atoms with E-state index in [0.717, 1.165) is 44.2 Å². The molecule has 2 heteroatoms. The number of benzene rings is 4. The van der Waals surface area contributed by atoms with E-state index in [1.165, 1.54) is 41.5 Å². The predicted molar refractivity (Wildman–Crippen MR) is 201 cm³/mol. The van der Waals surface area contributed by atoms with Crippen LogP contribution in [0, 0.1) is 6.85 Å². The summed E-state index contributed by atoms with van der Waals surface area (Å²) < 4.78 is 32.3. The lowest BCUT2D eigenvalue weighted by Gasteiger charge is -2.31. The molecule has 240 valence electrons. The Morgan fingerprint density at radius 3 is 2.09 bits per heavy atom. The average molecular weight is 623 g/mol. The number of rotatable bonds is 5. The topological polar surface area (TPSA) is 26.0 Å². The molecule has 2 nitrogen and oxygen atoms in total. The standard InChI is InChI=1S/C45H49NO/c1-27(2)35-22-31(30-18-19-38-39(24-30)45(8,9)21-13-20-44(38,6)7)23-36(28(3)4)42(35)37-25-40(46-26-29(37)5)34-16-12-15-33-32-14-10-11-17-41(32)47-43(33)34/h10-12,14-19,22-28H,13,20-21H2,1-9H3/i5D3. The highest BCUT2D eigenvalue weighted by Gasteiger charge is 2.34. The molecule has 0 saturated heterocycles. The van der Waals surface area contributed by atoms with Gasteiger partial charge in [0.2, 0.25) is 0 Å². The van der Waals surface area contributed by atoms with Gasteiger partial charge < -0.3 is 4.42 Å². The third-order valence-corrected chi connectivity index (χ3v) is 10.7. The molecule has 47 heavy (non-hydrogen) atoms. The SMILES string of the molecule is [2H]C([2H])([2H])c1cnc(-c2cccc3c2oc2ccccc23)cc1-c1c(C(C)C)cc(-c2ccc3c(c2)C(C)(C)CCCC3(C)C)cc1C(C)C. The first-order valence-corrected chi connectivity index (χ1v) is 17.3. The van der Waals surface area contributed by atoms with Crippen molar-refractivity contribution in [3.8, 4) is 33.5 Å². The minimum absolute atomic E-state index is 0.0888. The number of hydrogen-bond acceptors (Lipinski definition) is 2. The molecule has 0 unspecified atom stereocenters. The van der Waals surface area contributed by atoms with Gasteiger partial charge in [-0.1, -0.05) is 122 Å². The van der Waals surface area contributed by atoms with Crippen LogP contribution >= 0.6 is 0 Å². The number of nitrogens with zero attached hydrogens (tertiary/aromatic N) is 1. The van der Waals surface area contributed by atoms with Crippen molar-refractivity contribution >= 4 is 21.9 Å². The molecule has 0 atom stereocenters. The average Bonchev–Trinajstić information content (AvgIpc) is 3.41. The van der Waals surface area contributed by atoms with E-state index in [2.05, 4.69) is 97.9 Å². The van der Waals surface area contributed by atoms with Gasteiger partial charge in [0, 0.05) is 26.6 Å². The zero-order chi connectivity index (χ0) is 35.7. The Bertz CT molecular complexity index is 2220. The lowest BCUT2D eigenvalue weighted by atomic mass is 9.74. The number of pyridine rings is 1. The highest BCUT2D eigenvalue weighted by atomic mass is 16.3. The fourth-order valence-electron chi connectivity index (χ4n) is 7.95. The maximum absolute atomic E-state index is 8.63. The lowest BCUT2D eigenvalue weighted by Crippen LogP contribution is -2.22. The molecule has 0 fully saturated rings. The van der Waals surface area contributed by atoms with Gasteiger partial charge >= 0.3 is 0 Å².